The van der Waals surface area contributed by atoms with Crippen LogP contribution in [0.15, 0.2) is 107 Å². The lowest BCUT2D eigenvalue weighted by atomic mass is 10.2. The highest BCUT2D eigenvalue weighted by molar-refractivity contribution is 7.93. The van der Waals surface area contributed by atoms with E-state index in [1.54, 1.807) is 60.7 Å². The smallest absolute Gasteiger partial charge is 0.264 e. The van der Waals surface area contributed by atoms with Gasteiger partial charge in [0.05, 0.1) is 22.4 Å². The average molecular weight is 491 g/mol. The van der Waals surface area contributed by atoms with E-state index in [4.69, 9.17) is 0 Å². The summed E-state index contributed by atoms with van der Waals surface area (Å²) in [4.78, 5) is 8.38. The van der Waals surface area contributed by atoms with Crippen molar-refractivity contribution in [3.05, 3.63) is 97.3 Å². The fourth-order valence-electron chi connectivity index (χ4n) is 3.65. The molecule has 8 nitrogen and oxygen atoms in total. The zero-order chi connectivity index (χ0) is 23.8. The van der Waals surface area contributed by atoms with Gasteiger partial charge in [0.2, 0.25) is 0 Å². The molecule has 0 aliphatic heterocycles. The van der Waals surface area contributed by atoms with Crippen molar-refractivity contribution >= 4 is 53.2 Å². The summed E-state index contributed by atoms with van der Waals surface area (Å²) in [5, 5.41) is 1.34. The number of aromatic nitrogens is 2. The molecule has 2 heterocycles. The zero-order valence-electron chi connectivity index (χ0n) is 17.6. The van der Waals surface area contributed by atoms with Crippen LogP contribution in [-0.4, -0.2) is 26.8 Å². The van der Waals surface area contributed by atoms with Crippen LogP contribution >= 0.6 is 0 Å². The molecule has 34 heavy (non-hydrogen) atoms. The summed E-state index contributed by atoms with van der Waals surface area (Å²) in [6, 6.07) is 22.8. The largest absolute Gasteiger partial charge is 0.277 e. The summed E-state index contributed by atoms with van der Waals surface area (Å²) < 4.78 is 58.0. The number of nitrogens with zero attached hydrogens (tertiary/aromatic N) is 2. The van der Waals surface area contributed by atoms with Gasteiger partial charge in [0.1, 0.15) is 9.79 Å². The Morgan fingerprint density at radius 2 is 0.912 bits per heavy atom. The van der Waals surface area contributed by atoms with E-state index in [9.17, 15) is 16.8 Å². The van der Waals surface area contributed by atoms with Gasteiger partial charge in [-0.05, 0) is 36.4 Å². The summed E-state index contributed by atoms with van der Waals surface area (Å²) in [6.45, 7) is 0. The van der Waals surface area contributed by atoms with Crippen LogP contribution in [0.3, 0.4) is 0 Å². The molecule has 0 aliphatic carbocycles. The lowest BCUT2D eigenvalue weighted by Crippen LogP contribution is -2.18. The first-order valence-electron chi connectivity index (χ1n) is 10.2. The fraction of sp³-hybridized carbons (Fsp3) is 0. The number of fused-ring (bicyclic) bond motifs is 2. The number of benzene rings is 3. The lowest BCUT2D eigenvalue weighted by molar-refractivity contribution is 0.599. The third-order valence-corrected chi connectivity index (χ3v) is 7.98. The van der Waals surface area contributed by atoms with Crippen LogP contribution < -0.4 is 9.44 Å². The number of rotatable bonds is 6. The quantitative estimate of drug-likeness (QED) is 0.365. The first-order valence-corrected chi connectivity index (χ1v) is 13.1. The molecule has 2 aromatic heterocycles. The molecule has 0 fully saturated rings. The molecule has 0 spiro atoms. The van der Waals surface area contributed by atoms with Crippen molar-refractivity contribution in [3.63, 3.8) is 0 Å². The van der Waals surface area contributed by atoms with Gasteiger partial charge in [-0.25, -0.2) is 16.8 Å². The summed E-state index contributed by atoms with van der Waals surface area (Å²) in [7, 11) is -8.15. The van der Waals surface area contributed by atoms with Crippen LogP contribution in [0.1, 0.15) is 0 Å². The molecular formula is C24H18N4O4S2. The molecule has 0 saturated carbocycles. The van der Waals surface area contributed by atoms with Crippen LogP contribution in [0.25, 0.3) is 21.8 Å². The normalized spacial score (nSPS) is 12.0. The highest BCUT2D eigenvalue weighted by Crippen LogP contribution is 2.30. The van der Waals surface area contributed by atoms with Crippen LogP contribution in [0, 0.1) is 0 Å². The molecule has 0 radical (unpaired) electrons. The van der Waals surface area contributed by atoms with Crippen molar-refractivity contribution in [1.82, 2.24) is 9.97 Å². The number of pyridine rings is 2. The Hall–Kier alpha value is -4.02. The molecule has 0 saturated heterocycles. The Morgan fingerprint density at radius 1 is 0.500 bits per heavy atom. The van der Waals surface area contributed by atoms with Crippen molar-refractivity contribution in [2.24, 2.45) is 0 Å². The van der Waals surface area contributed by atoms with E-state index in [2.05, 4.69) is 19.4 Å². The van der Waals surface area contributed by atoms with E-state index in [0.29, 0.717) is 21.8 Å². The molecular weight excluding hydrogens is 472 g/mol. The van der Waals surface area contributed by atoms with Crippen LogP contribution in [0.4, 0.5) is 11.4 Å². The van der Waals surface area contributed by atoms with Crippen molar-refractivity contribution in [2.45, 2.75) is 9.79 Å². The second-order valence-electron chi connectivity index (χ2n) is 7.42. The van der Waals surface area contributed by atoms with Crippen LogP contribution in [0.2, 0.25) is 0 Å². The summed E-state index contributed by atoms with van der Waals surface area (Å²) in [6.07, 6.45) is 3.03. The number of hydrogen-bond donors (Lipinski definition) is 2. The van der Waals surface area contributed by atoms with Crippen molar-refractivity contribution < 1.29 is 16.8 Å². The van der Waals surface area contributed by atoms with Gasteiger partial charge in [0, 0.05) is 23.2 Å². The van der Waals surface area contributed by atoms with Gasteiger partial charge < -0.3 is 0 Å². The summed E-state index contributed by atoms with van der Waals surface area (Å²) in [5.41, 5.74) is 0.786. The molecule has 10 heteroatoms. The van der Waals surface area contributed by atoms with Gasteiger partial charge in [-0.2, -0.15) is 0 Å². The number of hydrogen-bond acceptors (Lipinski definition) is 6. The van der Waals surface area contributed by atoms with E-state index < -0.39 is 20.0 Å². The second-order valence-corrected chi connectivity index (χ2v) is 10.7. The highest BCUT2D eigenvalue weighted by Gasteiger charge is 2.23. The van der Waals surface area contributed by atoms with E-state index in [-0.39, 0.29) is 21.2 Å². The minimum absolute atomic E-state index is 0.0125. The molecule has 0 aliphatic rings. The molecule has 0 unspecified atom stereocenters. The Morgan fingerprint density at radius 3 is 1.35 bits per heavy atom. The van der Waals surface area contributed by atoms with Crippen molar-refractivity contribution in [2.75, 3.05) is 9.44 Å². The molecule has 170 valence electrons. The molecule has 0 atom stereocenters. The van der Waals surface area contributed by atoms with E-state index >= 15 is 0 Å². The average Bonchev–Trinajstić information content (AvgIpc) is 2.84. The minimum atomic E-state index is -4.08. The number of sulfonamides is 2. The second kappa shape index (κ2) is 8.40. The van der Waals surface area contributed by atoms with Crippen molar-refractivity contribution in [3.8, 4) is 0 Å². The third kappa shape index (κ3) is 4.04. The lowest BCUT2D eigenvalue weighted by Gasteiger charge is -2.15. The third-order valence-electron chi connectivity index (χ3n) is 5.19. The van der Waals surface area contributed by atoms with Crippen LogP contribution in [-0.2, 0) is 20.0 Å². The minimum Gasteiger partial charge on any atom is -0.277 e. The molecule has 2 N–H and O–H groups in total. The van der Waals surface area contributed by atoms with Crippen molar-refractivity contribution in [1.29, 1.82) is 0 Å². The maximum Gasteiger partial charge on any atom is 0.264 e. The predicted molar refractivity (Wildman–Crippen MR) is 132 cm³/mol. The zero-order valence-corrected chi connectivity index (χ0v) is 19.2. The number of anilines is 2. The maximum absolute atomic E-state index is 13.2. The monoisotopic (exact) mass is 490 g/mol. The number of para-hydroxylation sites is 4. The molecule has 5 rings (SSSR count). The molecule has 5 aromatic rings. The standard InChI is InChI=1S/C24H18N4O4S2/c29-33(30,21-13-3-7-17-9-5-15-25-23(17)21)27-19-11-1-2-12-20(19)28-34(31,32)22-14-4-8-18-10-6-16-26-24(18)22/h1-16,27-28H. The SMILES string of the molecule is O=S(=O)(Nc1ccccc1NS(=O)(=O)c1cccc2cccnc12)c1cccc2cccnc12. The summed E-state index contributed by atoms with van der Waals surface area (Å²) in [5.74, 6) is 0. The first kappa shape index (κ1) is 21.8. The van der Waals surface area contributed by atoms with E-state index in [1.165, 1.54) is 36.7 Å². The fourth-order valence-corrected chi connectivity index (χ4v) is 6.17. The Labute approximate surface area is 196 Å². The van der Waals surface area contributed by atoms with Crippen LogP contribution in [0.5, 0.6) is 0 Å². The van der Waals surface area contributed by atoms with E-state index in [1.807, 2.05) is 0 Å². The Bertz CT molecular complexity index is 1610. The molecule has 0 bridgehead atoms. The van der Waals surface area contributed by atoms with Gasteiger partial charge in [-0.1, -0.05) is 48.5 Å². The number of nitrogens with one attached hydrogen (secondary N) is 2. The van der Waals surface area contributed by atoms with Gasteiger partial charge in [0.15, 0.2) is 0 Å². The maximum atomic E-state index is 13.2. The van der Waals surface area contributed by atoms with Gasteiger partial charge >= 0.3 is 0 Å². The van der Waals surface area contributed by atoms with E-state index in [0.717, 1.165) is 0 Å². The molecule has 0 amide bonds. The Kier molecular flexibility index (Phi) is 5.39. The highest BCUT2D eigenvalue weighted by atomic mass is 32.2. The Balaban J connectivity index is 1.53. The summed E-state index contributed by atoms with van der Waals surface area (Å²) >= 11 is 0. The van der Waals surface area contributed by atoms with Gasteiger partial charge in [-0.3, -0.25) is 19.4 Å². The topological polar surface area (TPSA) is 118 Å². The predicted octanol–water partition coefficient (Wildman–Crippen LogP) is 4.38. The van der Waals surface area contributed by atoms with Gasteiger partial charge in [0.25, 0.3) is 20.0 Å². The molecule has 3 aromatic carbocycles. The van der Waals surface area contributed by atoms with Gasteiger partial charge in [-0.15, -0.1) is 0 Å². The first-order chi connectivity index (χ1) is 16.4.